The van der Waals surface area contributed by atoms with Crippen molar-refractivity contribution in [3.8, 4) is 84.7 Å². The van der Waals surface area contributed by atoms with Gasteiger partial charge in [0, 0.05) is 16.7 Å². The molecule has 11 aromatic rings. The third-order valence-electron chi connectivity index (χ3n) is 16.9. The summed E-state index contributed by atoms with van der Waals surface area (Å²) in [7, 11) is 0. The fraction of sp³-hybridized carbons (Fsp3) is 0.143. The van der Waals surface area contributed by atoms with Gasteiger partial charge in [0.2, 0.25) is 0 Å². The molecule has 2 unspecified atom stereocenters. The van der Waals surface area contributed by atoms with Gasteiger partial charge in [-0.05, 0) is 163 Å². The van der Waals surface area contributed by atoms with Gasteiger partial charge in [0.05, 0.1) is 11.6 Å². The van der Waals surface area contributed by atoms with Crippen molar-refractivity contribution in [2.45, 2.75) is 49.4 Å². The summed E-state index contributed by atoms with van der Waals surface area (Å²) in [5.41, 5.74) is 16.1. The smallest absolute Gasteiger partial charge is 0.164 e. The van der Waals surface area contributed by atoms with Crippen molar-refractivity contribution < 1.29 is 0 Å². The number of nitriles is 1. The van der Waals surface area contributed by atoms with Crippen LogP contribution in [-0.4, -0.2) is 15.0 Å². The standard InChI is InChI=1S/C70H52N4/c71-44-46-25-27-51(28-26-46)58-33-35-64(62-23-9-7-21-60(58)62)69-40-47-37-48(41-69)43-70(42-47,45-69)65-36-34-59(61-22-8-10-24-63(61)65)52-29-31-53(32-30-52)66-72-67(56-19-11-17-54(38-56)49-13-3-1-4-14-49)74-68(73-66)57-20-12-18-55(39-57)50-15-5-2-6-16-50/h1-36,38-39,47-48H,37,40-43,45H2. The number of nitrogens with zero attached hydrogens (tertiary/aromatic N) is 4. The van der Waals surface area contributed by atoms with E-state index in [1.807, 2.05) is 24.3 Å². The molecule has 4 heteroatoms. The lowest BCUT2D eigenvalue weighted by Crippen LogP contribution is -2.56. The molecule has 1 heterocycles. The lowest BCUT2D eigenvalue weighted by molar-refractivity contribution is -0.0268. The Morgan fingerprint density at radius 1 is 0.338 bits per heavy atom. The zero-order valence-corrected chi connectivity index (χ0v) is 41.1. The van der Waals surface area contributed by atoms with Crippen LogP contribution in [0.4, 0.5) is 0 Å². The summed E-state index contributed by atoms with van der Waals surface area (Å²) in [6.45, 7) is 0. The highest BCUT2D eigenvalue weighted by Crippen LogP contribution is 2.67. The lowest BCUT2D eigenvalue weighted by Gasteiger charge is -2.63. The maximum absolute atomic E-state index is 9.50. The van der Waals surface area contributed by atoms with Crippen LogP contribution in [-0.2, 0) is 10.8 Å². The molecule has 4 fully saturated rings. The van der Waals surface area contributed by atoms with Crippen LogP contribution in [0, 0.1) is 23.2 Å². The molecular weight excluding hydrogens is 897 g/mol. The normalized spacial score (nSPS) is 19.7. The highest BCUT2D eigenvalue weighted by Gasteiger charge is 2.59. The van der Waals surface area contributed by atoms with Gasteiger partial charge in [-0.25, -0.2) is 15.0 Å². The zero-order chi connectivity index (χ0) is 49.2. The summed E-state index contributed by atoms with van der Waals surface area (Å²) in [6, 6.07) is 85.2. The van der Waals surface area contributed by atoms with E-state index in [2.05, 4.69) is 212 Å². The van der Waals surface area contributed by atoms with Crippen LogP contribution in [0.15, 0.2) is 231 Å². The molecule has 2 atom stereocenters. The molecule has 4 bridgehead atoms. The van der Waals surface area contributed by atoms with E-state index >= 15 is 0 Å². The van der Waals surface area contributed by atoms with Crippen LogP contribution >= 0.6 is 0 Å². The summed E-state index contributed by atoms with van der Waals surface area (Å²) in [6.07, 6.45) is 7.56. The van der Waals surface area contributed by atoms with Gasteiger partial charge in [-0.15, -0.1) is 0 Å². The second-order valence-corrected chi connectivity index (χ2v) is 21.4. The Balaban J connectivity index is 0.826. The maximum atomic E-state index is 9.50. The fourth-order valence-corrected chi connectivity index (χ4v) is 14.1. The summed E-state index contributed by atoms with van der Waals surface area (Å²) in [4.78, 5) is 15.6. The minimum Gasteiger partial charge on any atom is -0.208 e. The zero-order valence-electron chi connectivity index (χ0n) is 41.1. The highest BCUT2D eigenvalue weighted by atomic mass is 15.0. The second-order valence-electron chi connectivity index (χ2n) is 21.4. The molecule has 4 saturated carbocycles. The van der Waals surface area contributed by atoms with Crippen LogP contribution in [0.25, 0.3) is 100 Å². The number of fused-ring (bicyclic) bond motifs is 2. The van der Waals surface area contributed by atoms with Crippen LogP contribution in [0.3, 0.4) is 0 Å². The molecule has 0 amide bonds. The third kappa shape index (κ3) is 7.62. The van der Waals surface area contributed by atoms with Crippen molar-refractivity contribution in [1.82, 2.24) is 15.0 Å². The van der Waals surface area contributed by atoms with E-state index in [9.17, 15) is 5.26 Å². The van der Waals surface area contributed by atoms with E-state index in [1.54, 1.807) is 0 Å². The Morgan fingerprint density at radius 3 is 1.18 bits per heavy atom. The first kappa shape index (κ1) is 44.0. The molecule has 74 heavy (non-hydrogen) atoms. The first-order valence-corrected chi connectivity index (χ1v) is 26.2. The molecule has 15 rings (SSSR count). The van der Waals surface area contributed by atoms with Gasteiger partial charge >= 0.3 is 0 Å². The predicted molar refractivity (Wildman–Crippen MR) is 302 cm³/mol. The molecule has 0 saturated heterocycles. The van der Waals surface area contributed by atoms with Crippen molar-refractivity contribution in [3.63, 3.8) is 0 Å². The van der Waals surface area contributed by atoms with Gasteiger partial charge in [0.15, 0.2) is 17.5 Å². The number of hydrogen-bond donors (Lipinski definition) is 0. The van der Waals surface area contributed by atoms with Crippen molar-refractivity contribution in [2.24, 2.45) is 11.8 Å². The van der Waals surface area contributed by atoms with Crippen LogP contribution in [0.2, 0.25) is 0 Å². The molecule has 352 valence electrons. The quantitative estimate of drug-likeness (QED) is 0.145. The summed E-state index contributed by atoms with van der Waals surface area (Å²) in [5.74, 6) is 3.32. The summed E-state index contributed by atoms with van der Waals surface area (Å²) < 4.78 is 0. The van der Waals surface area contributed by atoms with E-state index in [-0.39, 0.29) is 10.8 Å². The molecule has 0 radical (unpaired) electrons. The van der Waals surface area contributed by atoms with Gasteiger partial charge in [-0.1, -0.05) is 206 Å². The summed E-state index contributed by atoms with van der Waals surface area (Å²) >= 11 is 0. The lowest BCUT2D eigenvalue weighted by atomic mass is 9.41. The minimum absolute atomic E-state index is 0.105. The van der Waals surface area contributed by atoms with E-state index in [1.165, 1.54) is 87.9 Å². The molecule has 10 aromatic carbocycles. The molecule has 4 nitrogen and oxygen atoms in total. The van der Waals surface area contributed by atoms with E-state index in [0.29, 0.717) is 34.9 Å². The van der Waals surface area contributed by atoms with Crippen LogP contribution in [0.5, 0.6) is 0 Å². The minimum atomic E-state index is 0.105. The molecule has 1 aromatic heterocycles. The topological polar surface area (TPSA) is 62.5 Å². The Bertz CT molecular complexity index is 3870. The van der Waals surface area contributed by atoms with E-state index < -0.39 is 0 Å². The Labute approximate surface area is 432 Å². The molecule has 4 aliphatic rings. The third-order valence-corrected chi connectivity index (χ3v) is 16.9. The second kappa shape index (κ2) is 17.8. The molecular formula is C70H52N4. The Morgan fingerprint density at radius 2 is 0.716 bits per heavy atom. The monoisotopic (exact) mass is 948 g/mol. The number of aromatic nitrogens is 3. The van der Waals surface area contributed by atoms with Gasteiger partial charge < -0.3 is 0 Å². The van der Waals surface area contributed by atoms with Gasteiger partial charge in [-0.2, -0.15) is 5.26 Å². The van der Waals surface area contributed by atoms with Crippen LogP contribution < -0.4 is 0 Å². The van der Waals surface area contributed by atoms with Gasteiger partial charge in [-0.3, -0.25) is 0 Å². The van der Waals surface area contributed by atoms with Crippen molar-refractivity contribution >= 4 is 21.5 Å². The molecule has 0 spiro atoms. The molecule has 4 aliphatic carbocycles. The van der Waals surface area contributed by atoms with Gasteiger partial charge in [0.1, 0.15) is 0 Å². The van der Waals surface area contributed by atoms with Crippen LogP contribution in [0.1, 0.15) is 55.2 Å². The number of rotatable bonds is 9. The van der Waals surface area contributed by atoms with Crippen molar-refractivity contribution in [2.75, 3.05) is 0 Å². The average molecular weight is 949 g/mol. The summed E-state index contributed by atoms with van der Waals surface area (Å²) in [5, 5.41) is 14.9. The largest absolute Gasteiger partial charge is 0.208 e. The van der Waals surface area contributed by atoms with Crippen molar-refractivity contribution in [3.05, 3.63) is 247 Å². The molecule has 0 aliphatic heterocycles. The maximum Gasteiger partial charge on any atom is 0.164 e. The first-order valence-electron chi connectivity index (χ1n) is 26.2. The van der Waals surface area contributed by atoms with E-state index in [0.717, 1.165) is 44.5 Å². The van der Waals surface area contributed by atoms with Gasteiger partial charge in [0.25, 0.3) is 0 Å². The predicted octanol–water partition coefficient (Wildman–Crippen LogP) is 17.5. The molecule has 0 N–H and O–H groups in total. The number of hydrogen-bond acceptors (Lipinski definition) is 4. The Hall–Kier alpha value is -8.78. The first-order chi connectivity index (χ1) is 36.5. The highest BCUT2D eigenvalue weighted by molar-refractivity contribution is 6.01. The Kier molecular flexibility index (Phi) is 10.6. The van der Waals surface area contributed by atoms with E-state index in [4.69, 9.17) is 15.0 Å². The number of benzene rings is 10. The SMILES string of the molecule is N#Cc1ccc(-c2ccc(C34CC5CC(C3)CC(c3ccc(-c6ccc(-c7nc(-c8cccc(-c9ccccc9)c8)nc(-c8cccc(-c9ccccc9)c8)n7)cc6)c6ccccc36)(C5)C4)c3ccccc23)cc1. The van der Waals surface area contributed by atoms with Crippen molar-refractivity contribution in [1.29, 1.82) is 5.26 Å². The average Bonchev–Trinajstić information content (AvgIpc) is 3.49. The fourth-order valence-electron chi connectivity index (χ4n) is 14.1.